The van der Waals surface area contributed by atoms with Gasteiger partial charge in [0.25, 0.3) is 0 Å². The maximum absolute atomic E-state index is 12.4. The minimum atomic E-state index is -3.93. The van der Waals surface area contributed by atoms with Crippen molar-refractivity contribution in [3.63, 3.8) is 0 Å². The number of thiophene rings is 1. The van der Waals surface area contributed by atoms with Gasteiger partial charge in [-0.25, -0.2) is 13.1 Å². The molecule has 1 aliphatic heterocycles. The topological polar surface area (TPSA) is 113 Å². The average molecular weight is 412 g/mol. The normalized spacial score (nSPS) is 16.4. The van der Waals surface area contributed by atoms with E-state index < -0.39 is 34.4 Å². The molecule has 1 aromatic heterocycles. The number of benzene rings is 1. The van der Waals surface area contributed by atoms with E-state index in [0.717, 1.165) is 10.1 Å². The lowest BCUT2D eigenvalue weighted by Crippen LogP contribution is -2.47. The first-order valence-electron chi connectivity index (χ1n) is 8.38. The number of carboxylic acids is 1. The molecule has 1 aromatic carbocycles. The van der Waals surface area contributed by atoms with Gasteiger partial charge in [-0.05, 0) is 34.5 Å². The molecule has 0 bridgehead atoms. The van der Waals surface area contributed by atoms with E-state index in [2.05, 4.69) is 4.72 Å². The molecule has 1 saturated heterocycles. The van der Waals surface area contributed by atoms with E-state index in [1.807, 2.05) is 17.5 Å². The highest BCUT2D eigenvalue weighted by atomic mass is 32.2. The van der Waals surface area contributed by atoms with Crippen molar-refractivity contribution in [2.45, 2.75) is 18.2 Å². The number of nitrogens with one attached hydrogen (secondary N) is 1. The zero-order valence-corrected chi connectivity index (χ0v) is 16.1. The fourth-order valence-electron chi connectivity index (χ4n) is 2.88. The molecule has 10 heteroatoms. The Morgan fingerprint density at radius 3 is 2.70 bits per heavy atom. The number of hydrogen-bond acceptors (Lipinski definition) is 6. The van der Waals surface area contributed by atoms with Gasteiger partial charge in [0.15, 0.2) is 0 Å². The van der Waals surface area contributed by atoms with Crippen molar-refractivity contribution in [1.29, 1.82) is 0 Å². The number of amides is 1. The fourth-order valence-corrected chi connectivity index (χ4v) is 4.97. The number of fused-ring (bicyclic) bond motifs is 1. The van der Waals surface area contributed by atoms with Crippen molar-refractivity contribution >= 4 is 43.3 Å². The van der Waals surface area contributed by atoms with E-state index in [0.29, 0.717) is 31.9 Å². The van der Waals surface area contributed by atoms with Gasteiger partial charge < -0.3 is 14.7 Å². The number of rotatable bonds is 7. The molecular weight excluding hydrogens is 392 g/mol. The van der Waals surface area contributed by atoms with E-state index in [9.17, 15) is 23.1 Å². The highest BCUT2D eigenvalue weighted by molar-refractivity contribution is 7.88. The Labute approximate surface area is 160 Å². The molecule has 2 aromatic rings. The van der Waals surface area contributed by atoms with Crippen molar-refractivity contribution in [2.75, 3.05) is 26.3 Å². The smallest absolute Gasteiger partial charge is 0.322 e. The summed E-state index contributed by atoms with van der Waals surface area (Å²) in [7, 11) is -3.93. The number of aliphatic carboxylic acids is 1. The molecule has 0 unspecified atom stereocenters. The quantitative estimate of drug-likeness (QED) is 0.702. The van der Waals surface area contributed by atoms with Crippen LogP contribution < -0.4 is 4.72 Å². The Kier molecular flexibility index (Phi) is 6.10. The molecule has 0 saturated carbocycles. The summed E-state index contributed by atoms with van der Waals surface area (Å²) in [4.78, 5) is 25.2. The van der Waals surface area contributed by atoms with Crippen molar-refractivity contribution in [1.82, 2.24) is 9.62 Å². The molecule has 1 aliphatic rings. The lowest BCUT2D eigenvalue weighted by molar-refractivity contribution is -0.144. The zero-order valence-electron chi connectivity index (χ0n) is 14.5. The van der Waals surface area contributed by atoms with Gasteiger partial charge in [0.2, 0.25) is 15.9 Å². The zero-order chi connectivity index (χ0) is 19.4. The first-order valence-corrected chi connectivity index (χ1v) is 10.9. The largest absolute Gasteiger partial charge is 0.480 e. The second-order valence-electron chi connectivity index (χ2n) is 6.26. The van der Waals surface area contributed by atoms with Gasteiger partial charge >= 0.3 is 5.97 Å². The van der Waals surface area contributed by atoms with Gasteiger partial charge in [-0.15, -0.1) is 11.3 Å². The Hall–Kier alpha value is -2.01. The summed E-state index contributed by atoms with van der Waals surface area (Å²) in [5, 5.41) is 12.2. The molecule has 0 radical (unpaired) electrons. The van der Waals surface area contributed by atoms with Crippen LogP contribution in [0.4, 0.5) is 0 Å². The van der Waals surface area contributed by atoms with Crippen LogP contribution in [0.2, 0.25) is 0 Å². The summed E-state index contributed by atoms with van der Waals surface area (Å²) in [6.45, 7) is 1.53. The third kappa shape index (κ3) is 5.25. The summed E-state index contributed by atoms with van der Waals surface area (Å²) in [6, 6.07) is 5.69. The third-order valence-electron chi connectivity index (χ3n) is 4.24. The van der Waals surface area contributed by atoms with Gasteiger partial charge in [0.05, 0.1) is 25.4 Å². The first kappa shape index (κ1) is 19.7. The minimum Gasteiger partial charge on any atom is -0.480 e. The molecule has 1 amide bonds. The monoisotopic (exact) mass is 412 g/mol. The van der Waals surface area contributed by atoms with Gasteiger partial charge in [-0.1, -0.05) is 6.07 Å². The van der Waals surface area contributed by atoms with Gasteiger partial charge in [-0.2, -0.15) is 0 Å². The number of carbonyl (C=O) groups is 2. The SMILES string of the molecule is O=C(O)[C@@H](CC(=O)N1CCOCC1)NS(=O)(=O)Cc1ccc2sccc2c1. The maximum atomic E-state index is 12.4. The summed E-state index contributed by atoms with van der Waals surface area (Å²) in [6.07, 6.45) is -0.432. The maximum Gasteiger partial charge on any atom is 0.322 e. The summed E-state index contributed by atoms with van der Waals surface area (Å²) in [5.74, 6) is -2.14. The molecule has 0 aliphatic carbocycles. The molecular formula is C17H20N2O6S2. The number of hydrogen-bond donors (Lipinski definition) is 2. The number of ether oxygens (including phenoxy) is 1. The summed E-state index contributed by atoms with van der Waals surface area (Å²) < 4.78 is 33.2. The number of carbonyl (C=O) groups excluding carboxylic acids is 1. The lowest BCUT2D eigenvalue weighted by Gasteiger charge is -2.28. The number of nitrogens with zero attached hydrogens (tertiary/aromatic N) is 1. The van der Waals surface area contributed by atoms with E-state index in [1.54, 1.807) is 23.5 Å². The third-order valence-corrected chi connectivity index (χ3v) is 6.49. The van der Waals surface area contributed by atoms with Crippen molar-refractivity contribution in [2.24, 2.45) is 0 Å². The standard InChI is InChI=1S/C17H20N2O6S2/c20-16(19-4-6-25-7-5-19)10-14(17(21)22)18-27(23,24)11-12-1-2-15-13(9-12)3-8-26-15/h1-3,8-9,14,18H,4-7,10-11H2,(H,21,22)/t14-/m1/s1. The Morgan fingerprint density at radius 1 is 1.26 bits per heavy atom. The van der Waals surface area contributed by atoms with Gasteiger partial charge in [-0.3, -0.25) is 9.59 Å². The van der Waals surface area contributed by atoms with Crippen LogP contribution in [0.5, 0.6) is 0 Å². The molecule has 0 spiro atoms. The van der Waals surface area contributed by atoms with E-state index in [1.165, 1.54) is 4.90 Å². The van der Waals surface area contributed by atoms with Crippen LogP contribution in [0, 0.1) is 0 Å². The molecule has 2 N–H and O–H groups in total. The summed E-state index contributed by atoms with van der Waals surface area (Å²) in [5.41, 5.74) is 0.553. The van der Waals surface area contributed by atoms with Crippen LogP contribution >= 0.6 is 11.3 Å². The highest BCUT2D eigenvalue weighted by Crippen LogP contribution is 2.22. The molecule has 2 heterocycles. The Morgan fingerprint density at radius 2 is 2.00 bits per heavy atom. The minimum absolute atomic E-state index is 0.353. The first-order chi connectivity index (χ1) is 12.8. The van der Waals surface area contributed by atoms with E-state index in [4.69, 9.17) is 4.74 Å². The lowest BCUT2D eigenvalue weighted by atomic mass is 10.2. The molecule has 27 heavy (non-hydrogen) atoms. The predicted octanol–water partition coefficient (Wildman–Crippen LogP) is 1.02. The van der Waals surface area contributed by atoms with Crippen LogP contribution in [0.3, 0.4) is 0 Å². The van der Waals surface area contributed by atoms with E-state index >= 15 is 0 Å². The van der Waals surface area contributed by atoms with Crippen LogP contribution in [-0.2, 0) is 30.1 Å². The Bertz CT molecular complexity index is 934. The number of carboxylic acid groups (broad SMARTS) is 1. The molecule has 1 fully saturated rings. The number of morpholine rings is 1. The van der Waals surface area contributed by atoms with Crippen molar-refractivity contribution < 1.29 is 27.9 Å². The molecule has 1 atom stereocenters. The average Bonchev–Trinajstić information content (AvgIpc) is 3.09. The second kappa shape index (κ2) is 8.34. The predicted molar refractivity (Wildman–Crippen MR) is 101 cm³/mol. The van der Waals surface area contributed by atoms with Crippen molar-refractivity contribution in [3.05, 3.63) is 35.2 Å². The van der Waals surface area contributed by atoms with Gasteiger partial charge in [0.1, 0.15) is 6.04 Å². The summed E-state index contributed by atoms with van der Waals surface area (Å²) >= 11 is 1.56. The molecule has 8 nitrogen and oxygen atoms in total. The van der Waals surface area contributed by atoms with Gasteiger partial charge in [0, 0.05) is 17.8 Å². The molecule has 3 rings (SSSR count). The number of sulfonamides is 1. The van der Waals surface area contributed by atoms with Crippen LogP contribution in [0.15, 0.2) is 29.6 Å². The Balaban J connectivity index is 1.66. The van der Waals surface area contributed by atoms with Crippen LogP contribution in [0.25, 0.3) is 10.1 Å². The fraction of sp³-hybridized carbons (Fsp3) is 0.412. The second-order valence-corrected chi connectivity index (χ2v) is 8.96. The van der Waals surface area contributed by atoms with E-state index in [-0.39, 0.29) is 5.75 Å². The highest BCUT2D eigenvalue weighted by Gasteiger charge is 2.29. The van der Waals surface area contributed by atoms with Crippen LogP contribution in [-0.4, -0.2) is 62.6 Å². The van der Waals surface area contributed by atoms with Crippen molar-refractivity contribution in [3.8, 4) is 0 Å². The molecule has 146 valence electrons. The van der Waals surface area contributed by atoms with Crippen LogP contribution in [0.1, 0.15) is 12.0 Å².